The number of thiazole rings is 1. The van der Waals surface area contributed by atoms with Crippen molar-refractivity contribution in [2.75, 3.05) is 4.90 Å². The zero-order valence-corrected chi connectivity index (χ0v) is 16.3. The minimum absolute atomic E-state index is 0.0570. The molecule has 0 aliphatic carbocycles. The smallest absolute Gasteiger partial charge is 0.297 e. The van der Waals surface area contributed by atoms with E-state index in [0.29, 0.717) is 26.7 Å². The summed E-state index contributed by atoms with van der Waals surface area (Å²) in [7, 11) is 0. The number of benzene rings is 2. The van der Waals surface area contributed by atoms with E-state index in [1.54, 1.807) is 41.9 Å². The molecule has 0 saturated carbocycles. The highest BCUT2D eigenvalue weighted by Gasteiger charge is 2.44. The normalized spacial score (nSPS) is 16.0. The maximum atomic E-state index is 13.4. The van der Waals surface area contributed by atoms with Gasteiger partial charge in [-0.1, -0.05) is 35.4 Å². The molecule has 3 heterocycles. The van der Waals surface area contributed by atoms with E-state index >= 15 is 0 Å². The molecule has 5 nitrogen and oxygen atoms in total. The zero-order chi connectivity index (χ0) is 19.4. The molecule has 2 aromatic carbocycles. The number of amides is 1. The molecule has 1 unspecified atom stereocenters. The third kappa shape index (κ3) is 2.49. The lowest BCUT2D eigenvalue weighted by molar-refractivity contribution is 0.0971. The summed E-state index contributed by atoms with van der Waals surface area (Å²) in [6, 6.07) is 11.9. The lowest BCUT2D eigenvalue weighted by Gasteiger charge is -2.22. The SMILES string of the molecule is Cc1ccc2oc3c(c(=O)c2c1)C(c1cccc(Cl)c1)N(c1nccs1)C3=O. The number of rotatable bonds is 2. The van der Waals surface area contributed by atoms with E-state index in [9.17, 15) is 9.59 Å². The van der Waals surface area contributed by atoms with Crippen molar-refractivity contribution in [3.63, 3.8) is 0 Å². The van der Waals surface area contributed by atoms with Crippen molar-refractivity contribution < 1.29 is 9.21 Å². The largest absolute Gasteiger partial charge is 0.450 e. The summed E-state index contributed by atoms with van der Waals surface area (Å²) in [5.74, 6) is -0.323. The van der Waals surface area contributed by atoms with Crippen LogP contribution < -0.4 is 10.3 Å². The number of carbonyl (C=O) groups is 1. The molecular formula is C21H13ClN2O3S. The highest BCUT2D eigenvalue weighted by atomic mass is 35.5. The number of nitrogens with zero attached hydrogens (tertiary/aromatic N) is 2. The Kier molecular flexibility index (Phi) is 3.86. The van der Waals surface area contributed by atoms with Crippen molar-refractivity contribution in [3.05, 3.63) is 91.7 Å². The van der Waals surface area contributed by atoms with E-state index in [4.69, 9.17) is 16.0 Å². The Bertz CT molecular complexity index is 1300. The molecule has 0 spiro atoms. The van der Waals surface area contributed by atoms with Gasteiger partial charge >= 0.3 is 0 Å². The lowest BCUT2D eigenvalue weighted by Crippen LogP contribution is -2.29. The van der Waals surface area contributed by atoms with Gasteiger partial charge in [-0.3, -0.25) is 14.5 Å². The molecule has 1 aliphatic rings. The van der Waals surface area contributed by atoms with Crippen LogP contribution in [0.1, 0.15) is 33.3 Å². The van der Waals surface area contributed by atoms with Crippen molar-refractivity contribution >= 4 is 44.9 Å². The fourth-order valence-electron chi connectivity index (χ4n) is 3.61. The fraction of sp³-hybridized carbons (Fsp3) is 0.0952. The van der Waals surface area contributed by atoms with Crippen LogP contribution in [0, 0.1) is 6.92 Å². The number of hydrogen-bond acceptors (Lipinski definition) is 5. The van der Waals surface area contributed by atoms with E-state index in [1.165, 1.54) is 16.2 Å². The van der Waals surface area contributed by atoms with Crippen molar-refractivity contribution in [2.24, 2.45) is 0 Å². The number of carbonyl (C=O) groups excluding carboxylic acids is 1. The molecule has 0 bridgehead atoms. The molecule has 0 saturated heterocycles. The Morgan fingerprint density at radius 2 is 2.04 bits per heavy atom. The molecule has 1 atom stereocenters. The van der Waals surface area contributed by atoms with Crippen molar-refractivity contribution in [1.29, 1.82) is 0 Å². The van der Waals surface area contributed by atoms with Crippen LogP contribution in [-0.4, -0.2) is 10.9 Å². The molecule has 28 heavy (non-hydrogen) atoms. The Hall–Kier alpha value is -2.96. The quantitative estimate of drug-likeness (QED) is 0.470. The van der Waals surface area contributed by atoms with Gasteiger partial charge < -0.3 is 4.42 Å². The van der Waals surface area contributed by atoms with E-state index < -0.39 is 6.04 Å². The first-order valence-corrected chi connectivity index (χ1v) is 9.86. The van der Waals surface area contributed by atoms with Crippen molar-refractivity contribution in [2.45, 2.75) is 13.0 Å². The van der Waals surface area contributed by atoms with Crippen molar-refractivity contribution in [1.82, 2.24) is 4.98 Å². The fourth-order valence-corrected chi connectivity index (χ4v) is 4.48. The van der Waals surface area contributed by atoms with Crippen LogP contribution in [-0.2, 0) is 0 Å². The summed E-state index contributed by atoms with van der Waals surface area (Å²) in [4.78, 5) is 32.5. The molecule has 4 aromatic rings. The number of hydrogen-bond donors (Lipinski definition) is 0. The molecule has 5 rings (SSSR count). The van der Waals surface area contributed by atoms with Crippen LogP contribution in [0.4, 0.5) is 5.13 Å². The maximum Gasteiger partial charge on any atom is 0.297 e. The average molecular weight is 409 g/mol. The van der Waals surface area contributed by atoms with Gasteiger partial charge in [-0.2, -0.15) is 0 Å². The highest BCUT2D eigenvalue weighted by molar-refractivity contribution is 7.13. The standard InChI is InChI=1S/C21H13ClN2O3S/c1-11-5-6-15-14(9-11)18(25)16-17(12-3-2-4-13(22)10-12)24(20(26)19(16)27-15)21-23-7-8-28-21/h2-10,17H,1H3. The molecule has 1 aliphatic heterocycles. The van der Waals surface area contributed by atoms with Crippen LogP contribution in [0.25, 0.3) is 11.0 Å². The topological polar surface area (TPSA) is 63.4 Å². The average Bonchev–Trinajstić information content (AvgIpc) is 3.29. The molecule has 2 aromatic heterocycles. The summed E-state index contributed by atoms with van der Waals surface area (Å²) in [5, 5.41) is 3.27. The van der Waals surface area contributed by atoms with Crippen LogP contribution in [0.2, 0.25) is 5.02 Å². The summed E-state index contributed by atoms with van der Waals surface area (Å²) in [6.07, 6.45) is 1.63. The Labute approximate surface area is 168 Å². The van der Waals surface area contributed by atoms with Gasteiger partial charge in [0.1, 0.15) is 5.58 Å². The molecule has 138 valence electrons. The first-order valence-electron chi connectivity index (χ1n) is 8.60. The predicted molar refractivity (Wildman–Crippen MR) is 109 cm³/mol. The lowest BCUT2D eigenvalue weighted by atomic mass is 9.98. The number of aryl methyl sites for hydroxylation is 1. The second-order valence-corrected chi connectivity index (χ2v) is 7.93. The molecule has 0 radical (unpaired) electrons. The van der Waals surface area contributed by atoms with Crippen LogP contribution in [0.15, 0.2) is 63.3 Å². The maximum absolute atomic E-state index is 13.4. The third-order valence-corrected chi connectivity index (χ3v) is 5.82. The van der Waals surface area contributed by atoms with Gasteiger partial charge in [0.05, 0.1) is 17.0 Å². The monoisotopic (exact) mass is 408 g/mol. The van der Waals surface area contributed by atoms with Crippen LogP contribution >= 0.6 is 22.9 Å². The zero-order valence-electron chi connectivity index (χ0n) is 14.7. The van der Waals surface area contributed by atoms with Crippen LogP contribution in [0.5, 0.6) is 0 Å². The van der Waals surface area contributed by atoms with Crippen LogP contribution in [0.3, 0.4) is 0 Å². The number of fused-ring (bicyclic) bond motifs is 2. The molecule has 0 N–H and O–H groups in total. The summed E-state index contributed by atoms with van der Waals surface area (Å²) in [6.45, 7) is 1.91. The number of anilines is 1. The highest BCUT2D eigenvalue weighted by Crippen LogP contribution is 2.42. The number of halogens is 1. The summed E-state index contributed by atoms with van der Waals surface area (Å²) >= 11 is 7.52. The number of aromatic nitrogens is 1. The Balaban J connectivity index is 1.85. The third-order valence-electron chi connectivity index (χ3n) is 4.82. The van der Waals surface area contributed by atoms with E-state index in [-0.39, 0.29) is 17.1 Å². The minimum Gasteiger partial charge on any atom is -0.450 e. The first kappa shape index (κ1) is 17.2. The predicted octanol–water partition coefficient (Wildman–Crippen LogP) is 4.96. The van der Waals surface area contributed by atoms with Gasteiger partial charge in [0, 0.05) is 16.6 Å². The Morgan fingerprint density at radius 1 is 1.18 bits per heavy atom. The first-order chi connectivity index (χ1) is 13.5. The van der Waals surface area contributed by atoms with Gasteiger partial charge in [-0.15, -0.1) is 11.3 Å². The summed E-state index contributed by atoms with van der Waals surface area (Å²) in [5.41, 5.74) is 2.18. The van der Waals surface area contributed by atoms with Crippen molar-refractivity contribution in [3.8, 4) is 0 Å². The van der Waals surface area contributed by atoms with E-state index in [0.717, 1.165) is 11.1 Å². The Morgan fingerprint density at radius 3 is 2.79 bits per heavy atom. The minimum atomic E-state index is -0.645. The van der Waals surface area contributed by atoms with Gasteiger partial charge in [0.2, 0.25) is 5.76 Å². The van der Waals surface area contributed by atoms with E-state index in [1.807, 2.05) is 19.1 Å². The van der Waals surface area contributed by atoms with Gasteiger partial charge in [0.25, 0.3) is 5.91 Å². The van der Waals surface area contributed by atoms with E-state index in [2.05, 4.69) is 4.98 Å². The summed E-state index contributed by atoms with van der Waals surface area (Å²) < 4.78 is 5.92. The second-order valence-electron chi connectivity index (χ2n) is 6.62. The second kappa shape index (κ2) is 6.29. The van der Waals surface area contributed by atoms with Gasteiger partial charge in [-0.25, -0.2) is 4.98 Å². The molecule has 1 amide bonds. The molecule has 0 fully saturated rings. The van der Waals surface area contributed by atoms with Gasteiger partial charge in [-0.05, 0) is 36.8 Å². The molecule has 7 heteroatoms. The van der Waals surface area contributed by atoms with Gasteiger partial charge in [0.15, 0.2) is 10.6 Å². The molecular weight excluding hydrogens is 396 g/mol.